The molecule has 2 amide bonds. The molecular weight excluding hydrogens is 422 g/mol. The van der Waals surface area contributed by atoms with E-state index in [2.05, 4.69) is 10.2 Å². The van der Waals surface area contributed by atoms with E-state index >= 15 is 0 Å². The van der Waals surface area contributed by atoms with Crippen molar-refractivity contribution in [3.63, 3.8) is 0 Å². The lowest BCUT2D eigenvalue weighted by Gasteiger charge is -2.36. The van der Waals surface area contributed by atoms with Crippen molar-refractivity contribution >= 4 is 34.8 Å². The van der Waals surface area contributed by atoms with E-state index in [1.54, 1.807) is 12.1 Å². The summed E-state index contributed by atoms with van der Waals surface area (Å²) < 4.78 is 0. The zero-order valence-electron chi connectivity index (χ0n) is 18.1. The van der Waals surface area contributed by atoms with E-state index in [4.69, 9.17) is 11.6 Å². The molecular formula is C26H26ClN3O2. The van der Waals surface area contributed by atoms with Crippen LogP contribution in [0.15, 0.2) is 72.8 Å². The van der Waals surface area contributed by atoms with Crippen LogP contribution in [0.25, 0.3) is 0 Å². The normalized spacial score (nSPS) is 13.7. The Morgan fingerprint density at radius 3 is 2.09 bits per heavy atom. The lowest BCUT2D eigenvalue weighted by molar-refractivity contribution is -0.115. The largest absolute Gasteiger partial charge is 0.368 e. The minimum atomic E-state index is -0.0664. The van der Waals surface area contributed by atoms with Gasteiger partial charge in [-0.05, 0) is 61.0 Å². The number of nitrogens with one attached hydrogen (secondary N) is 1. The molecule has 1 heterocycles. The average molecular weight is 448 g/mol. The number of piperazine rings is 1. The van der Waals surface area contributed by atoms with Crippen molar-refractivity contribution in [2.24, 2.45) is 0 Å². The van der Waals surface area contributed by atoms with Crippen LogP contribution in [-0.2, 0) is 11.2 Å². The molecule has 0 bridgehead atoms. The molecule has 5 nitrogen and oxygen atoms in total. The van der Waals surface area contributed by atoms with Crippen LogP contribution in [0.1, 0.15) is 21.5 Å². The first-order valence-corrected chi connectivity index (χ1v) is 11.1. The Labute approximate surface area is 193 Å². The predicted octanol–water partition coefficient (Wildman–Crippen LogP) is 4.79. The van der Waals surface area contributed by atoms with Crippen molar-refractivity contribution in [1.29, 1.82) is 0 Å². The van der Waals surface area contributed by atoms with Crippen LogP contribution >= 0.6 is 11.6 Å². The number of hydrogen-bond donors (Lipinski definition) is 1. The molecule has 1 saturated heterocycles. The van der Waals surface area contributed by atoms with Crippen LogP contribution in [0.4, 0.5) is 11.4 Å². The maximum Gasteiger partial charge on any atom is 0.253 e. The van der Waals surface area contributed by atoms with Gasteiger partial charge in [-0.3, -0.25) is 9.59 Å². The van der Waals surface area contributed by atoms with Gasteiger partial charge in [0.15, 0.2) is 0 Å². The van der Waals surface area contributed by atoms with E-state index < -0.39 is 0 Å². The third-order valence-corrected chi connectivity index (χ3v) is 5.91. The molecule has 1 N–H and O–H groups in total. The van der Waals surface area contributed by atoms with Crippen LogP contribution < -0.4 is 10.2 Å². The van der Waals surface area contributed by atoms with Crippen LogP contribution in [0, 0.1) is 6.92 Å². The number of amides is 2. The number of aryl methyl sites for hydroxylation is 1. The summed E-state index contributed by atoms with van der Waals surface area (Å²) in [5, 5.41) is 3.59. The second kappa shape index (κ2) is 9.88. The fraction of sp³-hybridized carbons (Fsp3) is 0.231. The Hall–Kier alpha value is -3.31. The molecule has 0 saturated carbocycles. The molecule has 6 heteroatoms. The van der Waals surface area contributed by atoms with E-state index in [0.29, 0.717) is 24.5 Å². The Morgan fingerprint density at radius 1 is 0.844 bits per heavy atom. The van der Waals surface area contributed by atoms with Crippen molar-refractivity contribution in [3.8, 4) is 0 Å². The first kappa shape index (κ1) is 21.9. The van der Waals surface area contributed by atoms with Crippen molar-refractivity contribution in [3.05, 3.63) is 94.5 Å². The molecule has 0 aromatic heterocycles. The van der Waals surface area contributed by atoms with E-state index in [1.807, 2.05) is 72.5 Å². The molecule has 0 atom stereocenters. The molecule has 1 aliphatic heterocycles. The third kappa shape index (κ3) is 5.48. The first-order valence-electron chi connectivity index (χ1n) is 10.7. The molecule has 1 fully saturated rings. The van der Waals surface area contributed by atoms with Crippen molar-refractivity contribution in [1.82, 2.24) is 4.90 Å². The van der Waals surface area contributed by atoms with Gasteiger partial charge >= 0.3 is 0 Å². The summed E-state index contributed by atoms with van der Waals surface area (Å²) in [6, 6.07) is 22.9. The maximum atomic E-state index is 12.7. The fourth-order valence-corrected chi connectivity index (χ4v) is 3.92. The highest BCUT2D eigenvalue weighted by Gasteiger charge is 2.22. The van der Waals surface area contributed by atoms with Gasteiger partial charge in [0.05, 0.1) is 6.42 Å². The molecule has 4 rings (SSSR count). The summed E-state index contributed by atoms with van der Waals surface area (Å²) in [4.78, 5) is 29.2. The Balaban J connectivity index is 1.29. The topological polar surface area (TPSA) is 52.7 Å². The number of nitrogens with zero attached hydrogens (tertiary/aromatic N) is 2. The Bertz CT molecular complexity index is 1070. The molecule has 3 aromatic carbocycles. The summed E-state index contributed by atoms with van der Waals surface area (Å²) >= 11 is 5.89. The smallest absolute Gasteiger partial charge is 0.253 e. The standard InChI is InChI=1S/C26H26ClN3O2/c1-19-2-6-21(7-3-19)26(32)30-16-14-29(15-17-30)24-12-10-23(11-13-24)28-25(31)18-20-4-8-22(27)9-5-20/h2-13H,14-18H2,1H3,(H,28,31). The third-order valence-electron chi connectivity index (χ3n) is 5.66. The van der Waals surface area contributed by atoms with Gasteiger partial charge in [0.2, 0.25) is 5.91 Å². The summed E-state index contributed by atoms with van der Waals surface area (Å²) in [5.74, 6) is 0.0201. The number of anilines is 2. The van der Waals surface area contributed by atoms with Crippen molar-refractivity contribution in [2.75, 3.05) is 36.4 Å². The number of carbonyl (C=O) groups is 2. The van der Waals surface area contributed by atoms with Gasteiger partial charge in [-0.1, -0.05) is 41.4 Å². The molecule has 0 radical (unpaired) electrons. The lowest BCUT2D eigenvalue weighted by atomic mass is 10.1. The highest BCUT2D eigenvalue weighted by atomic mass is 35.5. The second-order valence-electron chi connectivity index (χ2n) is 8.04. The molecule has 3 aromatic rings. The number of hydrogen-bond acceptors (Lipinski definition) is 3. The number of halogens is 1. The zero-order valence-corrected chi connectivity index (χ0v) is 18.8. The Morgan fingerprint density at radius 2 is 1.47 bits per heavy atom. The van der Waals surface area contributed by atoms with E-state index in [9.17, 15) is 9.59 Å². The molecule has 0 spiro atoms. The first-order chi connectivity index (χ1) is 15.5. The van der Waals surface area contributed by atoms with Gasteiger partial charge in [0.25, 0.3) is 5.91 Å². The summed E-state index contributed by atoms with van der Waals surface area (Å²) in [6.45, 7) is 4.95. The molecule has 164 valence electrons. The lowest BCUT2D eigenvalue weighted by Crippen LogP contribution is -2.48. The van der Waals surface area contributed by atoms with Gasteiger partial charge in [0.1, 0.15) is 0 Å². The highest BCUT2D eigenvalue weighted by Crippen LogP contribution is 2.21. The SMILES string of the molecule is Cc1ccc(C(=O)N2CCN(c3ccc(NC(=O)Cc4ccc(Cl)cc4)cc3)CC2)cc1. The Kier molecular flexibility index (Phi) is 6.76. The maximum absolute atomic E-state index is 12.7. The van der Waals surface area contributed by atoms with Crippen LogP contribution in [0.5, 0.6) is 0 Å². The molecule has 0 unspecified atom stereocenters. The fourth-order valence-electron chi connectivity index (χ4n) is 3.79. The van der Waals surface area contributed by atoms with Crippen LogP contribution in [0.3, 0.4) is 0 Å². The van der Waals surface area contributed by atoms with Gasteiger partial charge in [-0.15, -0.1) is 0 Å². The van der Waals surface area contributed by atoms with Gasteiger partial charge in [-0.2, -0.15) is 0 Å². The van der Waals surface area contributed by atoms with E-state index in [0.717, 1.165) is 41.2 Å². The van der Waals surface area contributed by atoms with Crippen LogP contribution in [-0.4, -0.2) is 42.9 Å². The van der Waals surface area contributed by atoms with E-state index in [1.165, 1.54) is 0 Å². The number of carbonyl (C=O) groups excluding carboxylic acids is 2. The monoisotopic (exact) mass is 447 g/mol. The van der Waals surface area contributed by atoms with Gasteiger partial charge in [0, 0.05) is 48.1 Å². The predicted molar refractivity (Wildman–Crippen MR) is 130 cm³/mol. The summed E-state index contributed by atoms with van der Waals surface area (Å²) in [6.07, 6.45) is 0.301. The van der Waals surface area contributed by atoms with Crippen LogP contribution in [0.2, 0.25) is 5.02 Å². The number of benzene rings is 3. The minimum Gasteiger partial charge on any atom is -0.368 e. The number of rotatable bonds is 5. The average Bonchev–Trinajstić information content (AvgIpc) is 2.81. The zero-order chi connectivity index (χ0) is 22.5. The quantitative estimate of drug-likeness (QED) is 0.611. The second-order valence-corrected chi connectivity index (χ2v) is 8.48. The summed E-state index contributed by atoms with van der Waals surface area (Å²) in [7, 11) is 0. The van der Waals surface area contributed by atoms with Crippen molar-refractivity contribution < 1.29 is 9.59 Å². The highest BCUT2D eigenvalue weighted by molar-refractivity contribution is 6.30. The summed E-state index contributed by atoms with van der Waals surface area (Å²) in [5.41, 5.74) is 4.66. The van der Waals surface area contributed by atoms with Crippen molar-refractivity contribution in [2.45, 2.75) is 13.3 Å². The minimum absolute atomic E-state index is 0.0664. The molecule has 0 aliphatic carbocycles. The van der Waals surface area contributed by atoms with E-state index in [-0.39, 0.29) is 11.8 Å². The van der Waals surface area contributed by atoms with Gasteiger partial charge < -0.3 is 15.1 Å². The molecule has 1 aliphatic rings. The van der Waals surface area contributed by atoms with Gasteiger partial charge in [-0.25, -0.2) is 0 Å². The molecule has 32 heavy (non-hydrogen) atoms.